The molecule has 2 aromatic carbocycles. The summed E-state index contributed by atoms with van der Waals surface area (Å²) in [5.74, 6) is -2.27. The molecule has 4 rings (SSSR count). The number of ether oxygens (including phenoxy) is 1. The molecule has 4 N–H and O–H groups in total. The summed E-state index contributed by atoms with van der Waals surface area (Å²) in [4.78, 5) is 14.5. The molecular formula is C21H20F3N3O2. The molecule has 29 heavy (non-hydrogen) atoms. The lowest BCUT2D eigenvalue weighted by atomic mass is 9.96. The summed E-state index contributed by atoms with van der Waals surface area (Å²) in [7, 11) is 0. The van der Waals surface area contributed by atoms with Gasteiger partial charge in [-0.15, -0.1) is 0 Å². The van der Waals surface area contributed by atoms with Crippen LogP contribution in [0.5, 0.6) is 5.75 Å². The van der Waals surface area contributed by atoms with Crippen LogP contribution in [0.4, 0.5) is 13.2 Å². The minimum Gasteiger partial charge on any atom is -0.489 e. The van der Waals surface area contributed by atoms with Gasteiger partial charge in [0.1, 0.15) is 18.2 Å². The largest absolute Gasteiger partial charge is 0.489 e. The van der Waals surface area contributed by atoms with Gasteiger partial charge in [-0.25, -0.2) is 13.2 Å². The van der Waals surface area contributed by atoms with Crippen molar-refractivity contribution in [3.05, 3.63) is 64.6 Å². The molecule has 2 heterocycles. The average molecular weight is 403 g/mol. The second-order valence-electron chi connectivity index (χ2n) is 7.16. The predicted octanol–water partition coefficient (Wildman–Crippen LogP) is 3.21. The molecular weight excluding hydrogens is 383 g/mol. The van der Waals surface area contributed by atoms with Crippen molar-refractivity contribution in [1.82, 2.24) is 10.3 Å². The molecule has 1 aromatic heterocycles. The molecule has 0 aliphatic carbocycles. The second kappa shape index (κ2) is 7.79. The van der Waals surface area contributed by atoms with E-state index in [4.69, 9.17) is 10.5 Å². The summed E-state index contributed by atoms with van der Waals surface area (Å²) in [6.07, 6.45) is 3.46. The molecule has 0 unspecified atom stereocenters. The molecule has 1 aliphatic rings. The maximum atomic E-state index is 13.9. The van der Waals surface area contributed by atoms with Crippen LogP contribution in [0.25, 0.3) is 10.9 Å². The molecule has 0 bridgehead atoms. The van der Waals surface area contributed by atoms with Crippen molar-refractivity contribution >= 4 is 16.8 Å². The zero-order chi connectivity index (χ0) is 20.5. The van der Waals surface area contributed by atoms with Crippen LogP contribution in [0.3, 0.4) is 0 Å². The van der Waals surface area contributed by atoms with Crippen LogP contribution in [-0.4, -0.2) is 30.1 Å². The summed E-state index contributed by atoms with van der Waals surface area (Å²) in [5.41, 5.74) is 7.25. The third-order valence-corrected chi connectivity index (χ3v) is 5.20. The van der Waals surface area contributed by atoms with Gasteiger partial charge in [0.15, 0.2) is 11.6 Å². The van der Waals surface area contributed by atoms with E-state index in [0.717, 1.165) is 18.1 Å². The van der Waals surface area contributed by atoms with Crippen LogP contribution < -0.4 is 15.8 Å². The minimum absolute atomic E-state index is 0.0854. The second-order valence-corrected chi connectivity index (χ2v) is 7.16. The van der Waals surface area contributed by atoms with Crippen LogP contribution in [0.15, 0.2) is 30.5 Å². The number of fused-ring (bicyclic) bond motifs is 2. The number of benzene rings is 2. The zero-order valence-electron chi connectivity index (χ0n) is 15.5. The van der Waals surface area contributed by atoms with Crippen LogP contribution in [0.2, 0.25) is 0 Å². The highest BCUT2D eigenvalue weighted by molar-refractivity contribution is 5.95. The van der Waals surface area contributed by atoms with Gasteiger partial charge in [0.2, 0.25) is 5.91 Å². The van der Waals surface area contributed by atoms with Gasteiger partial charge < -0.3 is 20.8 Å². The number of carbonyl (C=O) groups is 1. The standard InChI is InChI=1S/C21H20F3N3O2/c22-12-6-15-11(9-27-19(15)18(24)7-12)2-1-5-26-13-8-16-14(21(25)28)3-4-17(23)20(16)29-10-13/h3-4,6-7,9,13,26-27H,1-2,5,8,10H2,(H2,25,28)/t13-/m0/s1. The number of aromatic nitrogens is 1. The molecule has 0 saturated heterocycles. The number of hydrogen-bond donors (Lipinski definition) is 3. The number of hydrogen-bond acceptors (Lipinski definition) is 3. The van der Waals surface area contributed by atoms with Crippen LogP contribution in [-0.2, 0) is 12.8 Å². The normalized spacial score (nSPS) is 15.9. The smallest absolute Gasteiger partial charge is 0.249 e. The Balaban J connectivity index is 1.37. The van der Waals surface area contributed by atoms with Crippen LogP contribution in [0.1, 0.15) is 27.9 Å². The Labute approximate surface area is 165 Å². The summed E-state index contributed by atoms with van der Waals surface area (Å²) in [6.45, 7) is 0.894. The fourth-order valence-corrected chi connectivity index (χ4v) is 3.81. The third-order valence-electron chi connectivity index (χ3n) is 5.20. The number of H-pyrrole nitrogens is 1. The minimum atomic E-state index is -0.621. The van der Waals surface area contributed by atoms with Crippen LogP contribution >= 0.6 is 0 Å². The summed E-state index contributed by atoms with van der Waals surface area (Å²) >= 11 is 0. The number of nitrogens with one attached hydrogen (secondary N) is 2. The lowest BCUT2D eigenvalue weighted by Crippen LogP contribution is -2.40. The first-order valence-corrected chi connectivity index (χ1v) is 9.36. The number of halogens is 3. The van der Waals surface area contributed by atoms with E-state index < -0.39 is 23.4 Å². The van der Waals surface area contributed by atoms with Crippen molar-refractivity contribution in [2.45, 2.75) is 25.3 Å². The molecule has 1 atom stereocenters. The Morgan fingerprint density at radius 3 is 2.86 bits per heavy atom. The molecule has 152 valence electrons. The fourth-order valence-electron chi connectivity index (χ4n) is 3.81. The number of rotatable bonds is 6. The van der Waals surface area contributed by atoms with Gasteiger partial charge >= 0.3 is 0 Å². The molecule has 1 amide bonds. The highest BCUT2D eigenvalue weighted by atomic mass is 19.1. The summed E-state index contributed by atoms with van der Waals surface area (Å²) < 4.78 is 46.7. The van der Waals surface area contributed by atoms with Crippen molar-refractivity contribution in [2.75, 3.05) is 13.2 Å². The van der Waals surface area contributed by atoms with E-state index in [2.05, 4.69) is 10.3 Å². The molecule has 0 spiro atoms. The molecule has 1 aliphatic heterocycles. The monoisotopic (exact) mass is 403 g/mol. The highest BCUT2D eigenvalue weighted by Gasteiger charge is 2.26. The predicted molar refractivity (Wildman–Crippen MR) is 102 cm³/mol. The first kappa shape index (κ1) is 19.3. The number of amides is 1. The lowest BCUT2D eigenvalue weighted by Gasteiger charge is -2.27. The van der Waals surface area contributed by atoms with Crippen LogP contribution in [0, 0.1) is 17.5 Å². The first-order chi connectivity index (χ1) is 13.9. The quantitative estimate of drug-likeness (QED) is 0.553. The van der Waals surface area contributed by atoms with Gasteiger partial charge in [-0.3, -0.25) is 4.79 Å². The van der Waals surface area contributed by atoms with Crippen molar-refractivity contribution in [3.63, 3.8) is 0 Å². The van der Waals surface area contributed by atoms with Gasteiger partial charge in [-0.1, -0.05) is 0 Å². The molecule has 0 radical (unpaired) electrons. The van der Waals surface area contributed by atoms with Crippen molar-refractivity contribution in [2.24, 2.45) is 5.73 Å². The highest BCUT2D eigenvalue weighted by Crippen LogP contribution is 2.31. The van der Waals surface area contributed by atoms with Crippen molar-refractivity contribution in [1.29, 1.82) is 0 Å². The van der Waals surface area contributed by atoms with Crippen molar-refractivity contribution < 1.29 is 22.7 Å². The fraction of sp³-hybridized carbons (Fsp3) is 0.286. The van der Waals surface area contributed by atoms with Gasteiger partial charge in [0.05, 0.1) is 5.52 Å². The van der Waals surface area contributed by atoms with Gasteiger partial charge in [0, 0.05) is 34.8 Å². The Morgan fingerprint density at radius 1 is 1.24 bits per heavy atom. The average Bonchev–Trinajstić information content (AvgIpc) is 3.08. The lowest BCUT2D eigenvalue weighted by molar-refractivity contribution is 0.0997. The Hall–Kier alpha value is -3.00. The Morgan fingerprint density at radius 2 is 2.07 bits per heavy atom. The van der Waals surface area contributed by atoms with Gasteiger partial charge in [0.25, 0.3) is 0 Å². The maximum Gasteiger partial charge on any atom is 0.249 e. The topological polar surface area (TPSA) is 80.1 Å². The number of aromatic amines is 1. The van der Waals surface area contributed by atoms with E-state index in [1.54, 1.807) is 6.20 Å². The van der Waals surface area contributed by atoms with E-state index in [-0.39, 0.29) is 24.0 Å². The van der Waals surface area contributed by atoms with E-state index in [1.807, 2.05) is 0 Å². The number of nitrogens with two attached hydrogens (primary N) is 1. The molecule has 3 aromatic rings. The first-order valence-electron chi connectivity index (χ1n) is 9.36. The molecule has 8 heteroatoms. The van der Waals surface area contributed by atoms with E-state index in [1.165, 1.54) is 18.2 Å². The molecule has 5 nitrogen and oxygen atoms in total. The van der Waals surface area contributed by atoms with Gasteiger partial charge in [-0.05, 0) is 49.6 Å². The van der Waals surface area contributed by atoms with Crippen molar-refractivity contribution in [3.8, 4) is 5.75 Å². The summed E-state index contributed by atoms with van der Waals surface area (Å²) in [6, 6.07) is 4.63. The SMILES string of the molecule is NC(=O)c1ccc(F)c2c1C[C@H](NCCCc1c[nH]c3c(F)cc(F)cc13)CO2. The molecule has 0 fully saturated rings. The van der Waals surface area contributed by atoms with E-state index in [0.29, 0.717) is 35.9 Å². The number of primary amides is 1. The summed E-state index contributed by atoms with van der Waals surface area (Å²) in [5, 5.41) is 3.86. The van der Waals surface area contributed by atoms with E-state index >= 15 is 0 Å². The zero-order valence-corrected chi connectivity index (χ0v) is 15.5. The molecule has 0 saturated carbocycles. The Kier molecular flexibility index (Phi) is 5.19. The number of aryl methyl sites for hydroxylation is 1. The maximum absolute atomic E-state index is 13.9. The van der Waals surface area contributed by atoms with Gasteiger partial charge in [-0.2, -0.15) is 0 Å². The third kappa shape index (κ3) is 3.80. The number of carbonyl (C=O) groups excluding carboxylic acids is 1. The van der Waals surface area contributed by atoms with E-state index in [9.17, 15) is 18.0 Å². The Bertz CT molecular complexity index is 1080.